The van der Waals surface area contributed by atoms with E-state index >= 15 is 0 Å². The van der Waals surface area contributed by atoms with Crippen LogP contribution in [0.5, 0.6) is 0 Å². The molecule has 0 saturated carbocycles. The van der Waals surface area contributed by atoms with Crippen LogP contribution in [-0.2, 0) is 0 Å². The zero-order valence-corrected chi connectivity index (χ0v) is 12.2. The monoisotopic (exact) mass is 270 g/mol. The van der Waals surface area contributed by atoms with E-state index in [4.69, 9.17) is 0 Å². The summed E-state index contributed by atoms with van der Waals surface area (Å²) in [6.07, 6.45) is 2.17. The molecular formula is C21H18. The molecular weight excluding hydrogens is 252 g/mol. The standard InChI is InChI=1S/C21H18/c1-2-17-11-9-10-16-20(17)21(18-12-5-3-6-13-18)19-14-7-4-8-15-19/h2-16H,1H3. The second-order valence-electron chi connectivity index (χ2n) is 4.98. The molecule has 0 bridgehead atoms. The SMILES string of the molecule is CC=c1ccccc1=C(c1ccccc1)c1ccccc1. The summed E-state index contributed by atoms with van der Waals surface area (Å²) < 4.78 is 0. The zero-order valence-electron chi connectivity index (χ0n) is 12.2. The highest BCUT2D eigenvalue weighted by atomic mass is 14.1. The highest BCUT2D eigenvalue weighted by Gasteiger charge is 2.05. The predicted molar refractivity (Wildman–Crippen MR) is 90.3 cm³/mol. The third-order valence-corrected chi connectivity index (χ3v) is 3.67. The molecule has 0 N–H and O–H groups in total. The van der Waals surface area contributed by atoms with Gasteiger partial charge in [-0.2, -0.15) is 0 Å². The average Bonchev–Trinajstić information content (AvgIpc) is 2.58. The van der Waals surface area contributed by atoms with Gasteiger partial charge in [-0.1, -0.05) is 91.0 Å². The van der Waals surface area contributed by atoms with Gasteiger partial charge in [0.2, 0.25) is 0 Å². The summed E-state index contributed by atoms with van der Waals surface area (Å²) in [7, 11) is 0. The fourth-order valence-corrected chi connectivity index (χ4v) is 2.66. The van der Waals surface area contributed by atoms with Crippen LogP contribution in [-0.4, -0.2) is 0 Å². The Bertz CT molecular complexity index is 786. The first-order valence-corrected chi connectivity index (χ1v) is 7.26. The minimum absolute atomic E-state index is 1.25. The van der Waals surface area contributed by atoms with E-state index in [1.54, 1.807) is 0 Å². The molecule has 0 heterocycles. The van der Waals surface area contributed by atoms with Crippen LogP contribution in [0.2, 0.25) is 0 Å². The van der Waals surface area contributed by atoms with Crippen molar-refractivity contribution in [2.24, 2.45) is 0 Å². The van der Waals surface area contributed by atoms with Crippen molar-refractivity contribution in [3.63, 3.8) is 0 Å². The Hall–Kier alpha value is -2.60. The molecule has 0 radical (unpaired) electrons. The van der Waals surface area contributed by atoms with E-state index in [2.05, 4.69) is 97.9 Å². The lowest BCUT2D eigenvalue weighted by Gasteiger charge is -2.09. The summed E-state index contributed by atoms with van der Waals surface area (Å²) in [6.45, 7) is 2.09. The molecule has 0 spiro atoms. The van der Waals surface area contributed by atoms with Crippen molar-refractivity contribution in [1.29, 1.82) is 0 Å². The average molecular weight is 270 g/mol. The van der Waals surface area contributed by atoms with E-state index in [9.17, 15) is 0 Å². The first-order chi connectivity index (χ1) is 10.4. The Labute approximate surface area is 125 Å². The lowest BCUT2D eigenvalue weighted by molar-refractivity contribution is 1.44. The van der Waals surface area contributed by atoms with Crippen LogP contribution >= 0.6 is 0 Å². The predicted octanol–water partition coefficient (Wildman–Crippen LogP) is 3.73. The molecule has 0 fully saturated rings. The lowest BCUT2D eigenvalue weighted by atomic mass is 9.95. The Morgan fingerprint density at radius 2 is 1.10 bits per heavy atom. The lowest BCUT2D eigenvalue weighted by Crippen LogP contribution is -2.27. The van der Waals surface area contributed by atoms with Gasteiger partial charge >= 0.3 is 0 Å². The molecule has 3 aromatic carbocycles. The van der Waals surface area contributed by atoms with E-state index in [1.807, 2.05) is 0 Å². The van der Waals surface area contributed by atoms with E-state index in [-0.39, 0.29) is 0 Å². The molecule has 0 aliphatic heterocycles. The van der Waals surface area contributed by atoms with Crippen molar-refractivity contribution < 1.29 is 0 Å². The van der Waals surface area contributed by atoms with Crippen molar-refractivity contribution >= 4 is 11.6 Å². The third kappa shape index (κ3) is 2.80. The number of benzene rings is 3. The molecule has 3 aromatic rings. The molecule has 0 aliphatic carbocycles. The van der Waals surface area contributed by atoms with Crippen molar-refractivity contribution in [3.05, 3.63) is 106 Å². The largest absolute Gasteiger partial charge is 0.0798 e. The fraction of sp³-hybridized carbons (Fsp3) is 0.0476. The van der Waals surface area contributed by atoms with Crippen molar-refractivity contribution in [3.8, 4) is 0 Å². The zero-order chi connectivity index (χ0) is 14.5. The molecule has 0 nitrogen and oxygen atoms in total. The van der Waals surface area contributed by atoms with Crippen LogP contribution in [0.1, 0.15) is 18.1 Å². The van der Waals surface area contributed by atoms with Gasteiger partial charge in [0, 0.05) is 0 Å². The molecule has 0 unspecified atom stereocenters. The number of hydrogen-bond donors (Lipinski definition) is 0. The Balaban J connectivity index is 2.44. The fourth-order valence-electron chi connectivity index (χ4n) is 2.66. The minimum Gasteiger partial charge on any atom is -0.0798 e. The molecule has 0 saturated heterocycles. The van der Waals surface area contributed by atoms with Gasteiger partial charge in [-0.3, -0.25) is 0 Å². The molecule has 3 rings (SSSR count). The summed E-state index contributed by atoms with van der Waals surface area (Å²) >= 11 is 0. The van der Waals surface area contributed by atoms with E-state index in [1.165, 1.54) is 27.1 Å². The number of rotatable bonds is 2. The molecule has 0 heteroatoms. The highest BCUT2D eigenvalue weighted by Crippen LogP contribution is 2.19. The van der Waals surface area contributed by atoms with Crippen LogP contribution in [0.4, 0.5) is 0 Å². The van der Waals surface area contributed by atoms with Gasteiger partial charge in [-0.25, -0.2) is 0 Å². The Morgan fingerprint density at radius 3 is 1.62 bits per heavy atom. The molecule has 0 aliphatic rings. The maximum absolute atomic E-state index is 2.20. The van der Waals surface area contributed by atoms with Gasteiger partial charge in [0.15, 0.2) is 0 Å². The van der Waals surface area contributed by atoms with Crippen LogP contribution in [0, 0.1) is 0 Å². The molecule has 0 atom stereocenters. The second-order valence-corrected chi connectivity index (χ2v) is 4.98. The molecule has 0 amide bonds. The number of hydrogen-bond acceptors (Lipinski definition) is 0. The van der Waals surface area contributed by atoms with Crippen molar-refractivity contribution in [2.45, 2.75) is 6.92 Å². The normalized spacial score (nSPS) is 11.4. The third-order valence-electron chi connectivity index (χ3n) is 3.67. The van der Waals surface area contributed by atoms with Crippen LogP contribution in [0.25, 0.3) is 11.6 Å². The van der Waals surface area contributed by atoms with Gasteiger partial charge in [-0.05, 0) is 34.1 Å². The maximum Gasteiger partial charge on any atom is -0.00330 e. The van der Waals surface area contributed by atoms with Gasteiger partial charge in [-0.15, -0.1) is 0 Å². The van der Waals surface area contributed by atoms with Gasteiger partial charge in [0.25, 0.3) is 0 Å². The first kappa shape index (κ1) is 13.4. The smallest absolute Gasteiger partial charge is 0.00330 e. The quantitative estimate of drug-likeness (QED) is 0.665. The Kier molecular flexibility index (Phi) is 3.97. The van der Waals surface area contributed by atoms with E-state index in [0.29, 0.717) is 0 Å². The summed E-state index contributed by atoms with van der Waals surface area (Å²) in [5, 5.41) is 2.54. The van der Waals surface area contributed by atoms with E-state index in [0.717, 1.165) is 0 Å². The summed E-state index contributed by atoms with van der Waals surface area (Å²) in [5.74, 6) is 0. The second kappa shape index (κ2) is 6.23. The van der Waals surface area contributed by atoms with Crippen molar-refractivity contribution in [1.82, 2.24) is 0 Å². The Morgan fingerprint density at radius 1 is 0.619 bits per heavy atom. The highest BCUT2D eigenvalue weighted by molar-refractivity contribution is 5.79. The first-order valence-electron chi connectivity index (χ1n) is 7.26. The summed E-state index contributed by atoms with van der Waals surface area (Å²) in [6, 6.07) is 29.8. The minimum atomic E-state index is 1.25. The van der Waals surface area contributed by atoms with Crippen LogP contribution in [0.3, 0.4) is 0 Å². The van der Waals surface area contributed by atoms with Gasteiger partial charge in [0.1, 0.15) is 0 Å². The summed E-state index contributed by atoms with van der Waals surface area (Å²) in [4.78, 5) is 0. The van der Waals surface area contributed by atoms with Gasteiger partial charge < -0.3 is 0 Å². The summed E-state index contributed by atoms with van der Waals surface area (Å²) in [5.41, 5.74) is 3.78. The van der Waals surface area contributed by atoms with Gasteiger partial charge in [0.05, 0.1) is 0 Å². The van der Waals surface area contributed by atoms with Crippen molar-refractivity contribution in [2.75, 3.05) is 0 Å². The van der Waals surface area contributed by atoms with Crippen LogP contribution < -0.4 is 10.4 Å². The maximum atomic E-state index is 2.20. The topological polar surface area (TPSA) is 0 Å². The molecule has 102 valence electrons. The van der Waals surface area contributed by atoms with E-state index < -0.39 is 0 Å². The molecule has 0 aromatic heterocycles. The van der Waals surface area contributed by atoms with Crippen LogP contribution in [0.15, 0.2) is 84.9 Å². The molecule has 21 heavy (non-hydrogen) atoms.